The number of nitrogens with zero attached hydrogens (tertiary/aromatic N) is 1. The quantitative estimate of drug-likeness (QED) is 0.869. The van der Waals surface area contributed by atoms with Crippen molar-refractivity contribution in [3.05, 3.63) is 29.1 Å². The molecule has 3 N–H and O–H groups in total. The maximum absolute atomic E-state index is 5.77. The molecule has 1 aromatic heterocycles. The molecule has 0 aliphatic heterocycles. The Morgan fingerprint density at radius 2 is 1.90 bits per heavy atom. The molecule has 1 heterocycles. The molecule has 0 aliphatic carbocycles. The first-order valence-corrected chi connectivity index (χ1v) is 7.97. The van der Waals surface area contributed by atoms with Gasteiger partial charge in [0.25, 0.3) is 0 Å². The minimum Gasteiger partial charge on any atom is -0.342 e. The van der Waals surface area contributed by atoms with Crippen molar-refractivity contribution >= 4 is 11.0 Å². The molecule has 21 heavy (non-hydrogen) atoms. The van der Waals surface area contributed by atoms with Crippen molar-refractivity contribution in [1.29, 1.82) is 0 Å². The van der Waals surface area contributed by atoms with Crippen LogP contribution in [0.3, 0.4) is 0 Å². The van der Waals surface area contributed by atoms with E-state index in [-0.39, 0.29) is 0 Å². The van der Waals surface area contributed by atoms with Crippen molar-refractivity contribution in [1.82, 2.24) is 9.97 Å². The van der Waals surface area contributed by atoms with Crippen LogP contribution in [0.4, 0.5) is 0 Å². The summed E-state index contributed by atoms with van der Waals surface area (Å²) >= 11 is 0. The number of aromatic nitrogens is 2. The molecule has 0 saturated heterocycles. The number of hydrogen-bond acceptors (Lipinski definition) is 2. The van der Waals surface area contributed by atoms with Gasteiger partial charge in [-0.25, -0.2) is 4.98 Å². The van der Waals surface area contributed by atoms with E-state index >= 15 is 0 Å². The number of benzene rings is 1. The average Bonchev–Trinajstić information content (AvgIpc) is 2.76. The SMILES string of the molecule is Cc1cc(C)c2nc(CCC(CCN)C(C)(C)C)[nH]c2c1. The fraction of sp³-hybridized carbons (Fsp3) is 0.611. The van der Waals surface area contributed by atoms with Gasteiger partial charge < -0.3 is 10.7 Å². The minimum absolute atomic E-state index is 0.303. The molecule has 0 amide bonds. The molecule has 0 aliphatic rings. The van der Waals surface area contributed by atoms with Gasteiger partial charge in [-0.1, -0.05) is 26.8 Å². The Morgan fingerprint density at radius 3 is 2.52 bits per heavy atom. The van der Waals surface area contributed by atoms with Crippen LogP contribution in [-0.4, -0.2) is 16.5 Å². The van der Waals surface area contributed by atoms with Gasteiger partial charge in [-0.15, -0.1) is 0 Å². The molecule has 3 heteroatoms. The van der Waals surface area contributed by atoms with Crippen LogP contribution in [0.25, 0.3) is 11.0 Å². The molecule has 0 radical (unpaired) electrons. The molecule has 0 spiro atoms. The highest BCUT2D eigenvalue weighted by molar-refractivity contribution is 5.79. The molecule has 116 valence electrons. The first kappa shape index (κ1) is 16.0. The van der Waals surface area contributed by atoms with Crippen molar-refractivity contribution in [3.8, 4) is 0 Å². The Labute approximate surface area is 128 Å². The van der Waals surface area contributed by atoms with Crippen LogP contribution in [0.1, 0.15) is 50.6 Å². The monoisotopic (exact) mass is 287 g/mol. The summed E-state index contributed by atoms with van der Waals surface area (Å²) in [6.07, 6.45) is 3.22. The van der Waals surface area contributed by atoms with Gasteiger partial charge in [0.1, 0.15) is 5.82 Å². The molecule has 0 bridgehead atoms. The predicted octanol–water partition coefficient (Wildman–Crippen LogP) is 4.12. The van der Waals surface area contributed by atoms with Crippen molar-refractivity contribution in [2.45, 2.75) is 53.9 Å². The standard InChI is InChI=1S/C18H29N3/c1-12-10-13(2)17-15(11-12)20-16(21-17)7-6-14(8-9-19)18(3,4)5/h10-11,14H,6-9,19H2,1-5H3,(H,20,21). The molecule has 1 unspecified atom stereocenters. The second-order valence-corrected chi connectivity index (χ2v) is 7.34. The van der Waals surface area contributed by atoms with Crippen LogP contribution in [0.2, 0.25) is 0 Å². The van der Waals surface area contributed by atoms with E-state index in [0.29, 0.717) is 11.3 Å². The maximum atomic E-state index is 5.77. The Kier molecular flexibility index (Phi) is 4.72. The van der Waals surface area contributed by atoms with Crippen LogP contribution in [0.5, 0.6) is 0 Å². The fourth-order valence-electron chi connectivity index (χ4n) is 3.16. The van der Waals surface area contributed by atoms with E-state index in [4.69, 9.17) is 10.7 Å². The molecular formula is C18H29N3. The summed E-state index contributed by atoms with van der Waals surface area (Å²) in [4.78, 5) is 8.26. The summed E-state index contributed by atoms with van der Waals surface area (Å²) in [5.41, 5.74) is 10.9. The van der Waals surface area contributed by atoms with E-state index in [1.807, 2.05) is 0 Å². The number of imidazole rings is 1. The minimum atomic E-state index is 0.303. The van der Waals surface area contributed by atoms with Gasteiger partial charge in [0.15, 0.2) is 0 Å². The number of aryl methyl sites for hydroxylation is 3. The number of nitrogens with two attached hydrogens (primary N) is 1. The Bertz CT molecular complexity index is 605. The Hall–Kier alpha value is -1.35. The number of aromatic amines is 1. The predicted molar refractivity (Wildman–Crippen MR) is 90.5 cm³/mol. The lowest BCUT2D eigenvalue weighted by atomic mass is 9.76. The molecule has 1 aromatic carbocycles. The molecule has 0 fully saturated rings. The summed E-state index contributed by atoms with van der Waals surface area (Å²) in [5, 5.41) is 0. The van der Waals surface area contributed by atoms with Crippen LogP contribution in [0.15, 0.2) is 12.1 Å². The van der Waals surface area contributed by atoms with Crippen LogP contribution >= 0.6 is 0 Å². The number of fused-ring (bicyclic) bond motifs is 1. The third kappa shape index (κ3) is 3.85. The van der Waals surface area contributed by atoms with Gasteiger partial charge in [0.05, 0.1) is 11.0 Å². The van der Waals surface area contributed by atoms with Gasteiger partial charge in [-0.2, -0.15) is 0 Å². The van der Waals surface area contributed by atoms with Gasteiger partial charge in [-0.05, 0) is 61.8 Å². The third-order valence-electron chi connectivity index (χ3n) is 4.44. The summed E-state index contributed by atoms with van der Waals surface area (Å²) in [5.74, 6) is 1.74. The number of nitrogens with one attached hydrogen (secondary N) is 1. The van der Waals surface area contributed by atoms with Gasteiger partial charge in [0, 0.05) is 6.42 Å². The van der Waals surface area contributed by atoms with E-state index in [2.05, 4.69) is 51.7 Å². The zero-order valence-corrected chi connectivity index (χ0v) is 14.1. The second kappa shape index (κ2) is 6.18. The van der Waals surface area contributed by atoms with Crippen LogP contribution in [-0.2, 0) is 6.42 Å². The molecular weight excluding hydrogens is 258 g/mol. The largest absolute Gasteiger partial charge is 0.342 e. The van der Waals surface area contributed by atoms with E-state index in [1.54, 1.807) is 0 Å². The summed E-state index contributed by atoms with van der Waals surface area (Å²) < 4.78 is 0. The van der Waals surface area contributed by atoms with E-state index in [1.165, 1.54) is 11.1 Å². The number of H-pyrrole nitrogens is 1. The van der Waals surface area contributed by atoms with Crippen molar-refractivity contribution in [2.75, 3.05) is 6.54 Å². The highest BCUT2D eigenvalue weighted by atomic mass is 14.9. The highest BCUT2D eigenvalue weighted by Crippen LogP contribution is 2.32. The highest BCUT2D eigenvalue weighted by Gasteiger charge is 2.23. The Morgan fingerprint density at radius 1 is 1.19 bits per heavy atom. The lowest BCUT2D eigenvalue weighted by molar-refractivity contribution is 0.214. The summed E-state index contributed by atoms with van der Waals surface area (Å²) in [7, 11) is 0. The maximum Gasteiger partial charge on any atom is 0.107 e. The van der Waals surface area contributed by atoms with Crippen molar-refractivity contribution in [2.24, 2.45) is 17.1 Å². The van der Waals surface area contributed by atoms with Crippen molar-refractivity contribution in [3.63, 3.8) is 0 Å². The zero-order chi connectivity index (χ0) is 15.6. The molecule has 2 aromatic rings. The first-order valence-electron chi connectivity index (χ1n) is 7.97. The van der Waals surface area contributed by atoms with Gasteiger partial charge in [-0.3, -0.25) is 0 Å². The number of rotatable bonds is 5. The lowest BCUT2D eigenvalue weighted by Gasteiger charge is -2.30. The topological polar surface area (TPSA) is 54.7 Å². The zero-order valence-electron chi connectivity index (χ0n) is 14.1. The molecule has 1 atom stereocenters. The smallest absolute Gasteiger partial charge is 0.107 e. The average molecular weight is 287 g/mol. The number of hydrogen-bond donors (Lipinski definition) is 2. The summed E-state index contributed by atoms with van der Waals surface area (Å²) in [6, 6.07) is 4.37. The van der Waals surface area contributed by atoms with Gasteiger partial charge in [0.2, 0.25) is 0 Å². The van der Waals surface area contributed by atoms with E-state index in [0.717, 1.165) is 42.7 Å². The van der Waals surface area contributed by atoms with E-state index < -0.39 is 0 Å². The molecule has 2 rings (SSSR count). The molecule has 3 nitrogen and oxygen atoms in total. The van der Waals surface area contributed by atoms with Crippen LogP contribution in [0, 0.1) is 25.2 Å². The second-order valence-electron chi connectivity index (χ2n) is 7.34. The lowest BCUT2D eigenvalue weighted by Crippen LogP contribution is -2.24. The van der Waals surface area contributed by atoms with Gasteiger partial charge >= 0.3 is 0 Å². The third-order valence-corrected chi connectivity index (χ3v) is 4.44. The van der Waals surface area contributed by atoms with E-state index in [9.17, 15) is 0 Å². The summed E-state index contributed by atoms with van der Waals surface area (Å²) in [6.45, 7) is 11.9. The first-order chi connectivity index (χ1) is 9.81. The molecule has 0 saturated carbocycles. The fourth-order valence-corrected chi connectivity index (χ4v) is 3.16. The normalized spacial score (nSPS) is 13.8. The van der Waals surface area contributed by atoms with Crippen molar-refractivity contribution < 1.29 is 0 Å². The Balaban J connectivity index is 2.14. The van der Waals surface area contributed by atoms with Crippen LogP contribution < -0.4 is 5.73 Å².